The van der Waals surface area contributed by atoms with Gasteiger partial charge in [-0.2, -0.15) is 0 Å². The van der Waals surface area contributed by atoms with Gasteiger partial charge in [-0.05, 0) is 42.8 Å². The minimum atomic E-state index is -2.05. The van der Waals surface area contributed by atoms with Crippen molar-refractivity contribution in [2.45, 2.75) is 63.0 Å². The van der Waals surface area contributed by atoms with E-state index < -0.39 is 31.7 Å². The van der Waals surface area contributed by atoms with Crippen LogP contribution in [-0.2, 0) is 9.16 Å². The Bertz CT molecular complexity index is 968. The third-order valence-electron chi connectivity index (χ3n) is 6.70. The van der Waals surface area contributed by atoms with Gasteiger partial charge in [0, 0.05) is 6.54 Å². The van der Waals surface area contributed by atoms with Crippen LogP contribution in [0.1, 0.15) is 47.9 Å². The SMILES string of the molecule is C=CCOC(=O)N1C[C@H](O[Si](C)(C)C(C)(C)C)C[C@H]1C=CC(Cl)N1C(=O)c2ccccc2C1=O. The van der Waals surface area contributed by atoms with Crippen LogP contribution in [0.3, 0.4) is 0 Å². The molecule has 1 fully saturated rings. The summed E-state index contributed by atoms with van der Waals surface area (Å²) in [5.74, 6) is -0.865. The number of amides is 3. The highest BCUT2D eigenvalue weighted by molar-refractivity contribution is 6.74. The fourth-order valence-corrected chi connectivity index (χ4v) is 5.47. The molecule has 1 aromatic carbocycles. The molecule has 1 saturated heterocycles. The van der Waals surface area contributed by atoms with Crippen molar-refractivity contribution in [2.24, 2.45) is 0 Å². The number of halogens is 1. The number of carbonyl (C=O) groups excluding carboxylic acids is 3. The van der Waals surface area contributed by atoms with Gasteiger partial charge < -0.3 is 9.16 Å². The number of benzene rings is 1. The Morgan fingerprint density at radius 1 is 1.24 bits per heavy atom. The Morgan fingerprint density at radius 3 is 2.35 bits per heavy atom. The molecule has 2 aliphatic heterocycles. The summed E-state index contributed by atoms with van der Waals surface area (Å²) in [4.78, 5) is 40.8. The van der Waals surface area contributed by atoms with E-state index in [1.807, 2.05) is 0 Å². The summed E-state index contributed by atoms with van der Waals surface area (Å²) in [6, 6.07) is 6.30. The van der Waals surface area contributed by atoms with Crippen LogP contribution < -0.4 is 0 Å². The van der Waals surface area contributed by atoms with Gasteiger partial charge in [-0.3, -0.25) is 19.4 Å². The number of rotatable bonds is 7. The minimum absolute atomic E-state index is 0.0296. The van der Waals surface area contributed by atoms with Crippen molar-refractivity contribution in [3.8, 4) is 0 Å². The molecule has 1 aromatic rings. The van der Waals surface area contributed by atoms with E-state index in [2.05, 4.69) is 40.4 Å². The van der Waals surface area contributed by atoms with Crippen molar-refractivity contribution < 1.29 is 23.5 Å². The van der Waals surface area contributed by atoms with Gasteiger partial charge in [0.25, 0.3) is 11.8 Å². The van der Waals surface area contributed by atoms with Gasteiger partial charge in [-0.25, -0.2) is 4.79 Å². The van der Waals surface area contributed by atoms with Gasteiger partial charge in [0.05, 0.1) is 23.3 Å². The van der Waals surface area contributed by atoms with Crippen molar-refractivity contribution in [3.05, 3.63) is 60.2 Å². The number of likely N-dealkylation sites (tertiary alicyclic amines) is 1. The molecule has 0 aliphatic carbocycles. The summed E-state index contributed by atoms with van der Waals surface area (Å²) in [7, 11) is -2.05. The first kappa shape index (κ1) is 26.2. The molecule has 7 nitrogen and oxygen atoms in total. The van der Waals surface area contributed by atoms with Gasteiger partial charge in [0.1, 0.15) is 12.1 Å². The van der Waals surface area contributed by atoms with E-state index in [0.29, 0.717) is 24.1 Å². The highest BCUT2D eigenvalue weighted by atomic mass is 35.5. The maximum Gasteiger partial charge on any atom is 0.410 e. The summed E-state index contributed by atoms with van der Waals surface area (Å²) in [6.45, 7) is 14.9. The molecule has 0 spiro atoms. The molecule has 2 heterocycles. The Morgan fingerprint density at radius 2 is 1.82 bits per heavy atom. The van der Waals surface area contributed by atoms with Crippen LogP contribution >= 0.6 is 11.6 Å². The standard InChI is InChI=1S/C25H33ClN2O5Si/c1-7-14-32-24(31)27-16-18(33-34(5,6)25(2,3)4)15-17(27)12-13-21(26)28-22(29)19-10-8-9-11-20(19)23(28)30/h7-13,17-18,21H,1,14-16H2,2-6H3/t17-,18-,21?/m1/s1. The van der Waals surface area contributed by atoms with E-state index in [9.17, 15) is 14.4 Å². The van der Waals surface area contributed by atoms with Gasteiger partial charge in [-0.15, -0.1) is 0 Å². The Kier molecular flexibility index (Phi) is 7.74. The molecule has 0 N–H and O–H groups in total. The number of hydrogen-bond acceptors (Lipinski definition) is 5. The normalized spacial score (nSPS) is 21.8. The molecule has 0 radical (unpaired) electrons. The van der Waals surface area contributed by atoms with Crippen molar-refractivity contribution in [1.82, 2.24) is 9.80 Å². The van der Waals surface area contributed by atoms with Gasteiger partial charge in [0.2, 0.25) is 0 Å². The number of alkyl halides is 1. The molecule has 34 heavy (non-hydrogen) atoms. The number of fused-ring (bicyclic) bond motifs is 1. The first-order chi connectivity index (χ1) is 15.9. The fourth-order valence-electron chi connectivity index (χ4n) is 3.85. The molecule has 2 aliphatic rings. The summed E-state index contributed by atoms with van der Waals surface area (Å²) >= 11 is 6.48. The molecule has 3 amide bonds. The largest absolute Gasteiger partial charge is 0.445 e. The summed E-state index contributed by atoms with van der Waals surface area (Å²) in [5.41, 5.74) is -0.312. The lowest BCUT2D eigenvalue weighted by molar-refractivity contribution is 0.0653. The molecule has 184 valence electrons. The van der Waals surface area contributed by atoms with Crippen LogP contribution in [0.4, 0.5) is 4.79 Å². The maximum atomic E-state index is 12.7. The fraction of sp³-hybridized carbons (Fsp3) is 0.480. The van der Waals surface area contributed by atoms with Crippen LogP contribution in [0.25, 0.3) is 0 Å². The lowest BCUT2D eigenvalue weighted by Gasteiger charge is -2.38. The number of carbonyl (C=O) groups is 3. The van der Waals surface area contributed by atoms with Gasteiger partial charge >= 0.3 is 6.09 Å². The number of imide groups is 1. The summed E-state index contributed by atoms with van der Waals surface area (Å²) in [6.07, 6.45) is 4.79. The second kappa shape index (κ2) is 10.1. The van der Waals surface area contributed by atoms with E-state index in [-0.39, 0.29) is 23.8 Å². The van der Waals surface area contributed by atoms with Crippen molar-refractivity contribution >= 4 is 37.8 Å². The highest BCUT2D eigenvalue weighted by Gasteiger charge is 2.44. The molecule has 0 bridgehead atoms. The molecular weight excluding hydrogens is 472 g/mol. The second-order valence-corrected chi connectivity index (χ2v) is 15.3. The average molecular weight is 505 g/mol. The average Bonchev–Trinajstić information content (AvgIpc) is 3.27. The van der Waals surface area contributed by atoms with Crippen LogP contribution in [0.5, 0.6) is 0 Å². The van der Waals surface area contributed by atoms with Gasteiger partial charge in [-0.1, -0.05) is 63.2 Å². The van der Waals surface area contributed by atoms with Crippen molar-refractivity contribution in [3.63, 3.8) is 0 Å². The molecule has 1 unspecified atom stereocenters. The first-order valence-electron chi connectivity index (χ1n) is 11.4. The topological polar surface area (TPSA) is 76.2 Å². The molecular formula is C25H33ClN2O5Si. The zero-order chi connectivity index (χ0) is 25.3. The third kappa shape index (κ3) is 5.29. The van der Waals surface area contributed by atoms with E-state index in [4.69, 9.17) is 20.8 Å². The maximum absolute atomic E-state index is 12.7. The molecule has 0 saturated carbocycles. The monoisotopic (exact) mass is 504 g/mol. The Hall–Kier alpha value is -2.42. The molecule has 9 heteroatoms. The van der Waals surface area contributed by atoms with Gasteiger partial charge in [0.15, 0.2) is 8.32 Å². The number of nitrogens with zero attached hydrogens (tertiary/aromatic N) is 2. The van der Waals surface area contributed by atoms with Crippen molar-refractivity contribution in [2.75, 3.05) is 13.2 Å². The smallest absolute Gasteiger partial charge is 0.410 e. The molecule has 3 rings (SSSR count). The molecule has 3 atom stereocenters. The van der Waals surface area contributed by atoms with Crippen molar-refractivity contribution in [1.29, 1.82) is 0 Å². The van der Waals surface area contributed by atoms with Crippen LogP contribution in [-0.4, -0.2) is 66.8 Å². The Balaban J connectivity index is 1.77. The lowest BCUT2D eigenvalue weighted by Crippen LogP contribution is -2.44. The van der Waals surface area contributed by atoms with Crippen LogP contribution in [0.15, 0.2) is 49.1 Å². The van der Waals surface area contributed by atoms with Crippen LogP contribution in [0.2, 0.25) is 18.1 Å². The van der Waals surface area contributed by atoms with Crippen LogP contribution in [0, 0.1) is 0 Å². The highest BCUT2D eigenvalue weighted by Crippen LogP contribution is 2.39. The predicted octanol–water partition coefficient (Wildman–Crippen LogP) is 5.19. The van der Waals surface area contributed by atoms with E-state index >= 15 is 0 Å². The number of ether oxygens (including phenoxy) is 1. The predicted molar refractivity (Wildman–Crippen MR) is 134 cm³/mol. The second-order valence-electron chi connectivity index (χ2n) is 10.1. The third-order valence-corrected chi connectivity index (χ3v) is 11.6. The number of hydrogen-bond donors (Lipinski definition) is 0. The van der Waals surface area contributed by atoms with E-state index in [0.717, 1.165) is 4.90 Å². The van der Waals surface area contributed by atoms with E-state index in [1.54, 1.807) is 41.3 Å². The summed E-state index contributed by atoms with van der Waals surface area (Å²) in [5, 5.41) is 0.0296. The lowest BCUT2D eigenvalue weighted by atomic mass is 10.1. The van der Waals surface area contributed by atoms with E-state index in [1.165, 1.54) is 6.08 Å². The Labute approximate surface area is 207 Å². The molecule has 0 aromatic heterocycles. The zero-order valence-corrected chi connectivity index (χ0v) is 22.2. The summed E-state index contributed by atoms with van der Waals surface area (Å²) < 4.78 is 11.8. The zero-order valence-electron chi connectivity index (χ0n) is 20.4. The minimum Gasteiger partial charge on any atom is -0.445 e. The first-order valence-corrected chi connectivity index (χ1v) is 14.7. The quantitative estimate of drug-likeness (QED) is 0.168.